The van der Waals surface area contributed by atoms with Crippen molar-refractivity contribution in [1.29, 1.82) is 0 Å². The molecule has 0 spiro atoms. The average Bonchev–Trinajstić information content (AvgIpc) is 2.49. The normalized spacial score (nSPS) is 22.3. The Morgan fingerprint density at radius 1 is 1.14 bits per heavy atom. The number of nitrogens with zero attached hydrogens (tertiary/aromatic N) is 1. The maximum absolute atomic E-state index is 12.4. The Balaban J connectivity index is 2.12. The number of amides is 2. The largest absolute Gasteiger partial charge is 0.343 e. The number of hydrogen-bond acceptors (Lipinski definition) is 2. The monoisotopic (exact) mass is 288 g/mol. The van der Waals surface area contributed by atoms with E-state index in [-0.39, 0.29) is 17.9 Å². The second-order valence-electron chi connectivity index (χ2n) is 5.67. The number of unbranched alkanes of at least 4 members (excludes halogenated alkanes) is 2. The molecule has 1 aromatic carbocycles. The lowest BCUT2D eigenvalue weighted by Gasteiger charge is -2.38. The second-order valence-corrected chi connectivity index (χ2v) is 5.67. The highest BCUT2D eigenvalue weighted by Crippen LogP contribution is 2.16. The summed E-state index contributed by atoms with van der Waals surface area (Å²) in [5, 5.41) is 2.79. The Bertz CT molecular complexity index is 487. The van der Waals surface area contributed by atoms with Crippen LogP contribution in [0, 0.1) is 0 Å². The fourth-order valence-corrected chi connectivity index (χ4v) is 2.75. The van der Waals surface area contributed by atoms with E-state index in [1.807, 2.05) is 30.3 Å². The second kappa shape index (κ2) is 7.25. The van der Waals surface area contributed by atoms with E-state index in [9.17, 15) is 9.59 Å². The van der Waals surface area contributed by atoms with Crippen molar-refractivity contribution in [2.45, 2.75) is 51.6 Å². The molecule has 2 amide bonds. The summed E-state index contributed by atoms with van der Waals surface area (Å²) in [5.41, 5.74) is 1.08. The highest BCUT2D eigenvalue weighted by molar-refractivity contribution is 5.96. The lowest BCUT2D eigenvalue weighted by Crippen LogP contribution is -2.63. The van der Waals surface area contributed by atoms with Gasteiger partial charge in [-0.1, -0.05) is 50.1 Å². The number of benzene rings is 1. The Hall–Kier alpha value is -1.84. The standard InChI is InChI=1S/C17H24N2O2/c1-3-4-8-11-19-15(12-14-9-6-5-7-10-14)16(20)18-13(2)17(19)21/h5-7,9-10,13,15H,3-4,8,11-12H2,1-2H3,(H,18,20). The summed E-state index contributed by atoms with van der Waals surface area (Å²) in [4.78, 5) is 26.4. The molecule has 4 heteroatoms. The molecule has 1 heterocycles. The highest BCUT2D eigenvalue weighted by Gasteiger charge is 2.37. The molecule has 0 saturated carbocycles. The summed E-state index contributed by atoms with van der Waals surface area (Å²) < 4.78 is 0. The van der Waals surface area contributed by atoms with Gasteiger partial charge in [0.25, 0.3) is 0 Å². The van der Waals surface area contributed by atoms with Gasteiger partial charge in [-0.15, -0.1) is 0 Å². The predicted molar refractivity (Wildman–Crippen MR) is 82.8 cm³/mol. The van der Waals surface area contributed by atoms with Gasteiger partial charge < -0.3 is 10.2 Å². The molecule has 0 aromatic heterocycles. The zero-order valence-electron chi connectivity index (χ0n) is 12.8. The summed E-state index contributed by atoms with van der Waals surface area (Å²) in [6, 6.07) is 9.08. The highest BCUT2D eigenvalue weighted by atomic mass is 16.2. The maximum Gasteiger partial charge on any atom is 0.245 e. The van der Waals surface area contributed by atoms with Crippen LogP contribution in [0.15, 0.2) is 30.3 Å². The number of piperazine rings is 1. The molecule has 0 bridgehead atoms. The van der Waals surface area contributed by atoms with Crippen molar-refractivity contribution in [3.8, 4) is 0 Å². The van der Waals surface area contributed by atoms with Gasteiger partial charge in [-0.25, -0.2) is 0 Å². The summed E-state index contributed by atoms with van der Waals surface area (Å²) in [6.45, 7) is 4.56. The van der Waals surface area contributed by atoms with Crippen LogP contribution >= 0.6 is 0 Å². The van der Waals surface area contributed by atoms with Crippen LogP contribution in [-0.2, 0) is 16.0 Å². The summed E-state index contributed by atoms with van der Waals surface area (Å²) in [6.07, 6.45) is 3.72. The van der Waals surface area contributed by atoms with Gasteiger partial charge in [0.1, 0.15) is 12.1 Å². The van der Waals surface area contributed by atoms with Gasteiger partial charge in [0, 0.05) is 13.0 Å². The maximum atomic E-state index is 12.4. The molecule has 114 valence electrons. The van der Waals surface area contributed by atoms with Crippen LogP contribution in [0.3, 0.4) is 0 Å². The van der Waals surface area contributed by atoms with Gasteiger partial charge in [0.05, 0.1) is 0 Å². The van der Waals surface area contributed by atoms with Gasteiger partial charge >= 0.3 is 0 Å². The van der Waals surface area contributed by atoms with E-state index in [4.69, 9.17) is 0 Å². The topological polar surface area (TPSA) is 49.4 Å². The van der Waals surface area contributed by atoms with E-state index in [1.54, 1.807) is 11.8 Å². The van der Waals surface area contributed by atoms with Crippen molar-refractivity contribution in [1.82, 2.24) is 10.2 Å². The van der Waals surface area contributed by atoms with Crippen LogP contribution in [0.1, 0.15) is 38.7 Å². The summed E-state index contributed by atoms with van der Waals surface area (Å²) >= 11 is 0. The molecule has 1 saturated heterocycles. The smallest absolute Gasteiger partial charge is 0.245 e. The van der Waals surface area contributed by atoms with Crippen molar-refractivity contribution < 1.29 is 9.59 Å². The summed E-state index contributed by atoms with van der Waals surface area (Å²) in [5.74, 6) is -0.00548. The minimum absolute atomic E-state index is 0.0339. The van der Waals surface area contributed by atoms with Crippen LogP contribution in [0.2, 0.25) is 0 Å². The minimum Gasteiger partial charge on any atom is -0.343 e. The molecule has 1 aliphatic rings. The first-order valence-corrected chi connectivity index (χ1v) is 7.78. The molecule has 2 unspecified atom stereocenters. The van der Waals surface area contributed by atoms with E-state index in [0.29, 0.717) is 13.0 Å². The van der Waals surface area contributed by atoms with E-state index in [0.717, 1.165) is 24.8 Å². The van der Waals surface area contributed by atoms with Crippen molar-refractivity contribution in [2.75, 3.05) is 6.54 Å². The predicted octanol–water partition coefficient (Wildman–Crippen LogP) is 2.13. The molecule has 1 aliphatic heterocycles. The molecule has 2 rings (SSSR count). The molecule has 4 nitrogen and oxygen atoms in total. The molecule has 0 radical (unpaired) electrons. The van der Waals surface area contributed by atoms with Crippen molar-refractivity contribution in [3.05, 3.63) is 35.9 Å². The fraction of sp³-hybridized carbons (Fsp3) is 0.529. The first-order chi connectivity index (χ1) is 10.1. The number of carbonyl (C=O) groups excluding carboxylic acids is 2. The number of hydrogen-bond donors (Lipinski definition) is 1. The fourth-order valence-electron chi connectivity index (χ4n) is 2.75. The van der Waals surface area contributed by atoms with Crippen LogP contribution in [0.4, 0.5) is 0 Å². The zero-order chi connectivity index (χ0) is 15.2. The average molecular weight is 288 g/mol. The van der Waals surface area contributed by atoms with Gasteiger partial charge in [-0.3, -0.25) is 9.59 Å². The van der Waals surface area contributed by atoms with Crippen LogP contribution < -0.4 is 5.32 Å². The number of nitrogens with one attached hydrogen (secondary N) is 1. The molecular formula is C17H24N2O2. The molecule has 21 heavy (non-hydrogen) atoms. The van der Waals surface area contributed by atoms with Crippen molar-refractivity contribution in [3.63, 3.8) is 0 Å². The quantitative estimate of drug-likeness (QED) is 0.815. The molecule has 2 atom stereocenters. The molecule has 0 aliphatic carbocycles. The van der Waals surface area contributed by atoms with E-state index >= 15 is 0 Å². The third kappa shape index (κ3) is 3.84. The Labute approximate surface area is 126 Å². The molecule has 1 aromatic rings. The first kappa shape index (κ1) is 15.5. The van der Waals surface area contributed by atoms with Crippen LogP contribution in [0.25, 0.3) is 0 Å². The molecule has 1 fully saturated rings. The van der Waals surface area contributed by atoms with Gasteiger partial charge in [0.2, 0.25) is 11.8 Å². The summed E-state index contributed by atoms with van der Waals surface area (Å²) in [7, 11) is 0. The van der Waals surface area contributed by atoms with Gasteiger partial charge in [-0.2, -0.15) is 0 Å². The SMILES string of the molecule is CCCCCN1C(=O)C(C)NC(=O)C1Cc1ccccc1. The lowest BCUT2D eigenvalue weighted by atomic mass is 9.99. The Morgan fingerprint density at radius 3 is 2.52 bits per heavy atom. The van der Waals surface area contributed by atoms with E-state index in [2.05, 4.69) is 12.2 Å². The van der Waals surface area contributed by atoms with E-state index < -0.39 is 6.04 Å². The third-order valence-electron chi connectivity index (χ3n) is 3.97. The Kier molecular flexibility index (Phi) is 5.37. The van der Waals surface area contributed by atoms with Gasteiger partial charge in [-0.05, 0) is 18.9 Å². The lowest BCUT2D eigenvalue weighted by molar-refractivity contribution is -0.148. The van der Waals surface area contributed by atoms with E-state index in [1.165, 1.54) is 0 Å². The van der Waals surface area contributed by atoms with Crippen LogP contribution in [0.5, 0.6) is 0 Å². The Morgan fingerprint density at radius 2 is 1.86 bits per heavy atom. The minimum atomic E-state index is -0.411. The number of carbonyl (C=O) groups is 2. The molecular weight excluding hydrogens is 264 g/mol. The van der Waals surface area contributed by atoms with Gasteiger partial charge in [0.15, 0.2) is 0 Å². The molecule has 1 N–H and O–H groups in total. The first-order valence-electron chi connectivity index (χ1n) is 7.78. The third-order valence-corrected chi connectivity index (χ3v) is 3.97. The van der Waals surface area contributed by atoms with Crippen molar-refractivity contribution >= 4 is 11.8 Å². The van der Waals surface area contributed by atoms with Crippen LogP contribution in [-0.4, -0.2) is 35.3 Å². The number of rotatable bonds is 6. The zero-order valence-corrected chi connectivity index (χ0v) is 12.8. The van der Waals surface area contributed by atoms with Crippen molar-refractivity contribution in [2.24, 2.45) is 0 Å².